The molecule has 0 bridgehead atoms. The Labute approximate surface area is 409 Å². The Balaban J connectivity index is 3.50. The first kappa shape index (κ1) is 61.8. The van der Waals surface area contributed by atoms with Crippen LogP contribution in [0.1, 0.15) is 100 Å². The molecule has 1 rings (SSSR count). The summed E-state index contributed by atoms with van der Waals surface area (Å²) in [6.07, 6.45) is -0.334. The van der Waals surface area contributed by atoms with Crippen LogP contribution in [0.25, 0.3) is 0 Å². The minimum absolute atomic E-state index is 0.116. The molecule has 0 aliphatic heterocycles. The van der Waals surface area contributed by atoms with Crippen molar-refractivity contribution in [2.24, 2.45) is 35.3 Å². The molecule has 11 atom stereocenters. The van der Waals surface area contributed by atoms with Crippen molar-refractivity contribution < 1.29 is 68.4 Å². The summed E-state index contributed by atoms with van der Waals surface area (Å²) in [5.41, 5.74) is 6.56. The normalized spacial score (nSPS) is 16.1. The maximum absolute atomic E-state index is 14.3. The number of rotatable bonds is 31. The highest BCUT2D eigenvalue weighted by atomic mass is 16.4. The maximum Gasteiger partial charge on any atom is 0.326 e. The molecule has 23 nitrogen and oxygen atoms in total. The van der Waals surface area contributed by atoms with Crippen LogP contribution >= 0.6 is 0 Å². The molecule has 0 saturated heterocycles. The predicted molar refractivity (Wildman–Crippen MR) is 256 cm³/mol. The summed E-state index contributed by atoms with van der Waals surface area (Å²) < 4.78 is 0. The van der Waals surface area contributed by atoms with Gasteiger partial charge >= 0.3 is 11.9 Å². The Morgan fingerprint density at radius 3 is 1.29 bits per heavy atom. The van der Waals surface area contributed by atoms with Crippen LogP contribution in [-0.2, 0) is 54.4 Å². The van der Waals surface area contributed by atoms with Crippen molar-refractivity contribution in [3.63, 3.8) is 0 Å². The molecule has 0 aliphatic rings. The lowest BCUT2D eigenvalue weighted by atomic mass is 9.95. The van der Waals surface area contributed by atoms with Crippen molar-refractivity contribution >= 4 is 59.2 Å². The molecular formula is C47H77N9O14. The zero-order valence-corrected chi connectivity index (χ0v) is 41.9. The number of aliphatic carboxylic acids is 2. The van der Waals surface area contributed by atoms with E-state index in [2.05, 4.69) is 42.5 Å². The first-order valence-electron chi connectivity index (χ1n) is 23.6. The predicted octanol–water partition coefficient (Wildman–Crippen LogP) is -1.57. The molecule has 394 valence electrons. The van der Waals surface area contributed by atoms with E-state index in [-0.39, 0.29) is 24.7 Å². The molecule has 0 radical (unpaired) electrons. The van der Waals surface area contributed by atoms with E-state index in [1.165, 1.54) is 13.8 Å². The quantitative estimate of drug-likeness (QED) is 0.0400. The molecular weight excluding hydrogens is 915 g/mol. The molecule has 0 spiro atoms. The molecule has 23 heteroatoms. The summed E-state index contributed by atoms with van der Waals surface area (Å²) in [6.45, 7) is 14.8. The molecule has 1 aromatic carbocycles. The molecule has 0 aromatic heterocycles. The molecule has 8 amide bonds. The number of aliphatic hydroxyl groups excluding tert-OH is 2. The molecule has 0 fully saturated rings. The number of amides is 8. The second-order valence-corrected chi connectivity index (χ2v) is 18.7. The van der Waals surface area contributed by atoms with Crippen molar-refractivity contribution in [2.75, 3.05) is 13.2 Å². The SMILES string of the molecule is CC[C@H](C)[C@H](NC(=O)[C@H](Cc1ccccc1)NC(=O)[C@@H](NC(=O)[C@H](CC(=O)O)NC(=O)[C@H](CC(C)C)NC(=O)[C@@H](N)C(C)C)[C@@H](C)CC)C(=O)N[C@@H](CO)C(=O)N[C@@H](CO)C(=O)N[C@H](C(=O)O)C(C)C. The summed E-state index contributed by atoms with van der Waals surface area (Å²) in [5, 5.41) is 58.8. The van der Waals surface area contributed by atoms with Gasteiger partial charge in [0.2, 0.25) is 47.3 Å². The molecule has 70 heavy (non-hydrogen) atoms. The number of nitrogens with one attached hydrogen (secondary N) is 8. The molecule has 0 aliphatic carbocycles. The number of carbonyl (C=O) groups excluding carboxylic acids is 8. The molecule has 14 N–H and O–H groups in total. The van der Waals surface area contributed by atoms with Crippen molar-refractivity contribution in [3.05, 3.63) is 35.9 Å². The van der Waals surface area contributed by atoms with Crippen molar-refractivity contribution in [2.45, 2.75) is 156 Å². The van der Waals surface area contributed by atoms with Crippen LogP contribution in [0.5, 0.6) is 0 Å². The van der Waals surface area contributed by atoms with Crippen LogP contribution in [0, 0.1) is 29.6 Å². The standard InChI is InChI=1S/C47H77N9O14/c1-11-26(9)37(56-41(63)31(20-34(59)60)49-39(61)29(18-23(3)4)50-44(66)35(48)24(5)6)45(67)51-30(19-28-16-14-13-15-17-28)40(62)55-38(27(10)12-2)46(68)53-32(21-57)42(64)52-33(22-58)43(65)54-36(25(7)8)47(69)70/h13-17,23-27,29-33,35-38,57-58H,11-12,18-22,48H2,1-10H3,(H,49,61)(H,50,66)(H,51,67)(H,52,64)(H,53,68)(H,54,65)(H,55,62)(H,56,63)(H,59,60)(H,69,70)/t26-,27-,29-,30-,31-,32-,33-,35-,36-,37-,38-/m0/s1. The van der Waals surface area contributed by atoms with Gasteiger partial charge in [0.25, 0.3) is 0 Å². The van der Waals surface area contributed by atoms with Crippen molar-refractivity contribution in [1.29, 1.82) is 0 Å². The minimum atomic E-state index is -1.73. The highest BCUT2D eigenvalue weighted by Crippen LogP contribution is 2.14. The van der Waals surface area contributed by atoms with Gasteiger partial charge in [-0.15, -0.1) is 0 Å². The van der Waals surface area contributed by atoms with Crippen LogP contribution in [0.15, 0.2) is 30.3 Å². The van der Waals surface area contributed by atoms with Gasteiger partial charge in [-0.1, -0.05) is 112 Å². The Morgan fingerprint density at radius 1 is 0.486 bits per heavy atom. The lowest BCUT2D eigenvalue weighted by Gasteiger charge is -2.30. The summed E-state index contributed by atoms with van der Waals surface area (Å²) in [6, 6.07) is -4.40. The van der Waals surface area contributed by atoms with Crippen LogP contribution in [0.2, 0.25) is 0 Å². The summed E-state index contributed by atoms with van der Waals surface area (Å²) in [7, 11) is 0. The van der Waals surface area contributed by atoms with Gasteiger partial charge in [0.05, 0.1) is 25.7 Å². The summed E-state index contributed by atoms with van der Waals surface area (Å²) in [4.78, 5) is 133. The van der Waals surface area contributed by atoms with Gasteiger partial charge in [0.1, 0.15) is 48.3 Å². The number of carbonyl (C=O) groups is 10. The van der Waals surface area contributed by atoms with Crippen molar-refractivity contribution in [3.8, 4) is 0 Å². The molecule has 0 heterocycles. The Bertz CT molecular complexity index is 1940. The highest BCUT2D eigenvalue weighted by Gasteiger charge is 2.38. The number of nitrogens with two attached hydrogens (primary N) is 1. The van der Waals surface area contributed by atoms with E-state index in [9.17, 15) is 68.4 Å². The van der Waals surface area contributed by atoms with Gasteiger partial charge in [0, 0.05) is 6.42 Å². The monoisotopic (exact) mass is 992 g/mol. The average Bonchev–Trinajstić information content (AvgIpc) is 3.30. The number of carboxylic acids is 2. The van der Waals surface area contributed by atoms with E-state index in [1.807, 2.05) is 0 Å². The van der Waals surface area contributed by atoms with E-state index < -0.39 is 151 Å². The van der Waals surface area contributed by atoms with Crippen LogP contribution in [-0.4, -0.2) is 147 Å². The summed E-state index contributed by atoms with van der Waals surface area (Å²) >= 11 is 0. The number of hydrogen-bond donors (Lipinski definition) is 13. The largest absolute Gasteiger partial charge is 0.481 e. The first-order valence-corrected chi connectivity index (χ1v) is 23.6. The van der Waals surface area contributed by atoms with E-state index in [0.717, 1.165) is 0 Å². The Kier molecular flexibility index (Phi) is 26.9. The third-order valence-corrected chi connectivity index (χ3v) is 11.7. The number of hydrogen-bond acceptors (Lipinski definition) is 13. The Hall–Kier alpha value is -6.20. The smallest absolute Gasteiger partial charge is 0.326 e. The fourth-order valence-corrected chi connectivity index (χ4v) is 6.85. The van der Waals surface area contributed by atoms with E-state index in [0.29, 0.717) is 18.4 Å². The van der Waals surface area contributed by atoms with Crippen molar-refractivity contribution in [1.82, 2.24) is 42.5 Å². The number of aliphatic hydroxyl groups is 2. The third-order valence-electron chi connectivity index (χ3n) is 11.7. The first-order chi connectivity index (χ1) is 32.7. The fraction of sp³-hybridized carbons (Fsp3) is 0.660. The van der Waals surface area contributed by atoms with Gasteiger partial charge in [-0.25, -0.2) is 4.79 Å². The van der Waals surface area contributed by atoms with Gasteiger partial charge in [0.15, 0.2) is 0 Å². The van der Waals surface area contributed by atoms with Gasteiger partial charge in [-0.05, 0) is 41.6 Å². The van der Waals surface area contributed by atoms with E-state index in [1.54, 1.807) is 85.7 Å². The lowest BCUT2D eigenvalue weighted by Crippen LogP contribution is -2.62. The third kappa shape index (κ3) is 20.4. The second-order valence-electron chi connectivity index (χ2n) is 18.7. The number of benzene rings is 1. The number of carboxylic acid groups (broad SMARTS) is 2. The van der Waals surface area contributed by atoms with Crippen LogP contribution in [0.3, 0.4) is 0 Å². The van der Waals surface area contributed by atoms with Gasteiger partial charge in [-0.2, -0.15) is 0 Å². The fourth-order valence-electron chi connectivity index (χ4n) is 6.85. The molecule has 1 aromatic rings. The Morgan fingerprint density at radius 2 is 0.871 bits per heavy atom. The second kappa shape index (κ2) is 30.4. The van der Waals surface area contributed by atoms with E-state index >= 15 is 0 Å². The van der Waals surface area contributed by atoms with Crippen LogP contribution < -0.4 is 48.3 Å². The minimum Gasteiger partial charge on any atom is -0.481 e. The average molecular weight is 992 g/mol. The van der Waals surface area contributed by atoms with Gasteiger partial charge in [-0.3, -0.25) is 43.2 Å². The zero-order chi connectivity index (χ0) is 53.6. The topological polar surface area (TPSA) is 374 Å². The molecule has 0 saturated carbocycles. The highest BCUT2D eigenvalue weighted by molar-refractivity contribution is 5.99. The summed E-state index contributed by atoms with van der Waals surface area (Å²) in [5.74, 6) is -12.4. The molecule has 0 unspecified atom stereocenters. The van der Waals surface area contributed by atoms with Crippen LogP contribution in [0.4, 0.5) is 0 Å². The van der Waals surface area contributed by atoms with E-state index in [4.69, 9.17) is 5.73 Å². The lowest BCUT2D eigenvalue weighted by molar-refractivity contribution is -0.144. The van der Waals surface area contributed by atoms with Gasteiger partial charge < -0.3 is 68.7 Å². The maximum atomic E-state index is 14.3. The zero-order valence-electron chi connectivity index (χ0n) is 41.9.